The fourth-order valence-corrected chi connectivity index (χ4v) is 0.888. The van der Waals surface area contributed by atoms with Crippen LogP contribution in [-0.2, 0) is 11.2 Å². The molecule has 1 heterocycles. The second-order valence-corrected chi connectivity index (χ2v) is 2.53. The van der Waals surface area contributed by atoms with Crippen LogP contribution in [0, 0.1) is 5.82 Å². The van der Waals surface area contributed by atoms with Crippen molar-refractivity contribution >= 4 is 5.97 Å². The standard InChI is InChI=1S/C8H6F3NO3/c9-4-1-2-6(15-8(10)11)12-5(4)3-7(13)14/h1-2,8H,3H2,(H,13,14). The summed E-state index contributed by atoms with van der Waals surface area (Å²) in [6.45, 7) is -3.08. The first-order valence-electron chi connectivity index (χ1n) is 3.81. The van der Waals surface area contributed by atoms with E-state index in [2.05, 4.69) is 9.72 Å². The number of ether oxygens (including phenoxy) is 1. The highest BCUT2D eigenvalue weighted by Gasteiger charge is 2.12. The Balaban J connectivity index is 2.89. The molecule has 1 aromatic heterocycles. The lowest BCUT2D eigenvalue weighted by molar-refractivity contribution is -0.136. The minimum absolute atomic E-state index is 0.444. The van der Waals surface area contributed by atoms with E-state index in [-0.39, 0.29) is 0 Å². The smallest absolute Gasteiger partial charge is 0.388 e. The van der Waals surface area contributed by atoms with E-state index in [4.69, 9.17) is 5.11 Å². The van der Waals surface area contributed by atoms with Crippen LogP contribution < -0.4 is 4.74 Å². The third-order valence-corrected chi connectivity index (χ3v) is 1.42. The average molecular weight is 221 g/mol. The number of carbonyl (C=O) groups is 1. The lowest BCUT2D eigenvalue weighted by Crippen LogP contribution is -2.08. The van der Waals surface area contributed by atoms with Gasteiger partial charge in [0.15, 0.2) is 0 Å². The van der Waals surface area contributed by atoms with Gasteiger partial charge in [-0.3, -0.25) is 4.79 Å². The van der Waals surface area contributed by atoms with Gasteiger partial charge in [0.25, 0.3) is 0 Å². The van der Waals surface area contributed by atoms with Gasteiger partial charge in [0, 0.05) is 6.07 Å². The summed E-state index contributed by atoms with van der Waals surface area (Å²) in [5.41, 5.74) is -0.444. The zero-order chi connectivity index (χ0) is 11.4. The maximum Gasteiger partial charge on any atom is 0.388 e. The number of aliphatic carboxylic acids is 1. The first kappa shape index (κ1) is 11.3. The molecule has 0 aliphatic rings. The minimum atomic E-state index is -3.08. The van der Waals surface area contributed by atoms with Gasteiger partial charge in [-0.1, -0.05) is 0 Å². The van der Waals surface area contributed by atoms with E-state index in [0.29, 0.717) is 0 Å². The number of nitrogens with zero attached hydrogens (tertiary/aromatic N) is 1. The summed E-state index contributed by atoms with van der Waals surface area (Å²) in [5.74, 6) is -2.70. The number of aromatic nitrogens is 1. The fourth-order valence-electron chi connectivity index (χ4n) is 0.888. The lowest BCUT2D eigenvalue weighted by Gasteiger charge is -2.05. The average Bonchev–Trinajstić information content (AvgIpc) is 2.09. The van der Waals surface area contributed by atoms with Crippen molar-refractivity contribution in [1.82, 2.24) is 4.98 Å². The number of alkyl halides is 2. The highest BCUT2D eigenvalue weighted by molar-refractivity contribution is 5.69. The molecule has 0 fully saturated rings. The van der Waals surface area contributed by atoms with Crippen LogP contribution in [0.1, 0.15) is 5.69 Å². The second kappa shape index (κ2) is 4.63. The number of pyridine rings is 1. The molecule has 0 unspecified atom stereocenters. The Morgan fingerprint density at radius 3 is 2.73 bits per heavy atom. The molecule has 0 saturated carbocycles. The zero-order valence-electron chi connectivity index (χ0n) is 7.28. The van der Waals surface area contributed by atoms with Gasteiger partial charge in [0.1, 0.15) is 5.82 Å². The highest BCUT2D eigenvalue weighted by atomic mass is 19.3. The van der Waals surface area contributed by atoms with Crippen molar-refractivity contribution in [2.45, 2.75) is 13.0 Å². The first-order valence-corrected chi connectivity index (χ1v) is 3.81. The quantitative estimate of drug-likeness (QED) is 0.835. The van der Waals surface area contributed by atoms with E-state index < -0.39 is 36.4 Å². The summed E-state index contributed by atoms with van der Waals surface area (Å²) in [5, 5.41) is 8.37. The molecule has 0 amide bonds. The third-order valence-electron chi connectivity index (χ3n) is 1.42. The molecule has 15 heavy (non-hydrogen) atoms. The lowest BCUT2D eigenvalue weighted by atomic mass is 10.2. The second-order valence-electron chi connectivity index (χ2n) is 2.53. The zero-order valence-corrected chi connectivity index (χ0v) is 7.28. The van der Waals surface area contributed by atoms with Crippen molar-refractivity contribution in [1.29, 1.82) is 0 Å². The minimum Gasteiger partial charge on any atom is -0.481 e. The predicted molar refractivity (Wildman–Crippen MR) is 42.2 cm³/mol. The number of halogens is 3. The van der Waals surface area contributed by atoms with Crippen molar-refractivity contribution in [2.75, 3.05) is 0 Å². The molecule has 0 saturated heterocycles. The summed E-state index contributed by atoms with van der Waals surface area (Å²) < 4.78 is 40.3. The van der Waals surface area contributed by atoms with Crippen LogP contribution in [0.3, 0.4) is 0 Å². The number of hydrogen-bond acceptors (Lipinski definition) is 3. The van der Waals surface area contributed by atoms with Gasteiger partial charge in [0.05, 0.1) is 12.1 Å². The van der Waals surface area contributed by atoms with Gasteiger partial charge < -0.3 is 9.84 Å². The maximum absolute atomic E-state index is 12.9. The summed E-state index contributed by atoms with van der Waals surface area (Å²) in [7, 11) is 0. The van der Waals surface area contributed by atoms with Crippen molar-refractivity contribution < 1.29 is 27.8 Å². The molecule has 0 radical (unpaired) electrons. The van der Waals surface area contributed by atoms with Crippen LogP contribution in [0.5, 0.6) is 5.88 Å². The number of hydrogen-bond donors (Lipinski definition) is 1. The largest absolute Gasteiger partial charge is 0.481 e. The first-order chi connectivity index (χ1) is 6.99. The van der Waals surface area contributed by atoms with Crippen molar-refractivity contribution in [2.24, 2.45) is 0 Å². The summed E-state index contributed by atoms with van der Waals surface area (Å²) in [6, 6.07) is 1.72. The van der Waals surface area contributed by atoms with Gasteiger partial charge in [-0.05, 0) is 6.07 Å². The summed E-state index contributed by atoms with van der Waals surface area (Å²) in [4.78, 5) is 13.6. The third kappa shape index (κ3) is 3.45. The van der Waals surface area contributed by atoms with E-state index in [1.807, 2.05) is 0 Å². The van der Waals surface area contributed by atoms with Crippen LogP contribution in [-0.4, -0.2) is 22.7 Å². The molecule has 1 aromatic rings. The predicted octanol–water partition coefficient (Wildman–Crippen LogP) is 1.45. The Morgan fingerprint density at radius 1 is 1.53 bits per heavy atom. The van der Waals surface area contributed by atoms with Crippen LogP contribution in [0.15, 0.2) is 12.1 Å². The number of carboxylic acids is 1. The van der Waals surface area contributed by atoms with Crippen molar-refractivity contribution in [3.05, 3.63) is 23.6 Å². The highest BCUT2D eigenvalue weighted by Crippen LogP contribution is 2.14. The van der Waals surface area contributed by atoms with E-state index >= 15 is 0 Å². The van der Waals surface area contributed by atoms with E-state index in [0.717, 1.165) is 12.1 Å². The molecule has 0 aliphatic heterocycles. The van der Waals surface area contributed by atoms with Gasteiger partial charge in [-0.15, -0.1) is 0 Å². The van der Waals surface area contributed by atoms with Crippen LogP contribution in [0.25, 0.3) is 0 Å². The molecule has 0 spiro atoms. The Labute approximate surface area is 82.3 Å². The Bertz CT molecular complexity index is 370. The molecule has 0 bridgehead atoms. The SMILES string of the molecule is O=C(O)Cc1nc(OC(F)F)ccc1F. The summed E-state index contributed by atoms with van der Waals surface area (Å²) >= 11 is 0. The Kier molecular flexibility index (Phi) is 3.48. The molecule has 0 aromatic carbocycles. The van der Waals surface area contributed by atoms with Gasteiger partial charge in [-0.25, -0.2) is 9.37 Å². The molecule has 82 valence electrons. The Morgan fingerprint density at radius 2 is 2.20 bits per heavy atom. The van der Waals surface area contributed by atoms with Gasteiger partial charge in [0.2, 0.25) is 5.88 Å². The molecule has 1 N–H and O–H groups in total. The molecule has 0 atom stereocenters. The van der Waals surface area contributed by atoms with Crippen molar-refractivity contribution in [3.8, 4) is 5.88 Å². The molecular formula is C8H6F3NO3. The van der Waals surface area contributed by atoms with E-state index in [1.165, 1.54) is 0 Å². The number of rotatable bonds is 4. The Hall–Kier alpha value is -1.79. The van der Waals surface area contributed by atoms with E-state index in [9.17, 15) is 18.0 Å². The van der Waals surface area contributed by atoms with Crippen LogP contribution in [0.4, 0.5) is 13.2 Å². The topological polar surface area (TPSA) is 59.4 Å². The molecular weight excluding hydrogens is 215 g/mol. The molecule has 4 nitrogen and oxygen atoms in total. The fraction of sp³-hybridized carbons (Fsp3) is 0.250. The van der Waals surface area contributed by atoms with Crippen LogP contribution >= 0.6 is 0 Å². The number of carboxylic acid groups (broad SMARTS) is 1. The maximum atomic E-state index is 12.9. The van der Waals surface area contributed by atoms with Crippen LogP contribution in [0.2, 0.25) is 0 Å². The van der Waals surface area contributed by atoms with Gasteiger partial charge >= 0.3 is 12.6 Å². The monoisotopic (exact) mass is 221 g/mol. The van der Waals surface area contributed by atoms with Gasteiger partial charge in [-0.2, -0.15) is 8.78 Å². The molecule has 1 rings (SSSR count). The normalized spacial score (nSPS) is 10.4. The molecule has 0 aliphatic carbocycles. The van der Waals surface area contributed by atoms with Crippen molar-refractivity contribution in [3.63, 3.8) is 0 Å². The molecule has 7 heteroatoms. The summed E-state index contributed by atoms with van der Waals surface area (Å²) in [6.07, 6.45) is -0.688. The van der Waals surface area contributed by atoms with E-state index in [1.54, 1.807) is 0 Å².